The van der Waals surface area contributed by atoms with Gasteiger partial charge >= 0.3 is 13.8 Å². The Kier molecular flexibility index (Phi) is 3.28. The Morgan fingerprint density at radius 2 is 2.20 bits per heavy atom. The zero-order chi connectivity index (χ0) is 8.20. The van der Waals surface area contributed by atoms with Gasteiger partial charge in [-0.1, -0.05) is 6.08 Å². The number of hydrogen-bond donors (Lipinski definition) is 2. The fourth-order valence-corrected chi connectivity index (χ4v) is 0.628. The maximum absolute atomic E-state index is 10.3. The second-order valence-electron chi connectivity index (χ2n) is 1.45. The molecule has 0 unspecified atom stereocenters. The minimum absolute atomic E-state index is 0.203. The molecular formula is C4H7O5P. The van der Waals surface area contributed by atoms with Crippen molar-refractivity contribution < 1.29 is 23.7 Å². The third-order valence-electron chi connectivity index (χ3n) is 0.532. The summed E-state index contributed by atoms with van der Waals surface area (Å²) in [5.41, 5.74) is 0. The molecule has 0 aromatic rings. The van der Waals surface area contributed by atoms with Gasteiger partial charge in [0.2, 0.25) is 0 Å². The Balaban J connectivity index is 3.80. The second-order valence-corrected chi connectivity index (χ2v) is 2.61. The third-order valence-corrected chi connectivity index (χ3v) is 0.973. The molecule has 0 saturated carbocycles. The van der Waals surface area contributed by atoms with Gasteiger partial charge in [-0.05, 0) is 0 Å². The third kappa shape index (κ3) is 5.50. The quantitative estimate of drug-likeness (QED) is 0.462. The van der Waals surface area contributed by atoms with Crippen LogP contribution in [0.1, 0.15) is 6.42 Å². The molecule has 0 aromatic heterocycles. The van der Waals surface area contributed by atoms with Crippen LogP contribution in [0.25, 0.3) is 0 Å². The lowest BCUT2D eigenvalue weighted by atomic mass is 10.4. The summed E-state index contributed by atoms with van der Waals surface area (Å²) in [7, 11) is -4.65. The van der Waals surface area contributed by atoms with E-state index in [-0.39, 0.29) is 6.42 Å². The number of phosphoric ester groups is 1. The van der Waals surface area contributed by atoms with Gasteiger partial charge in [-0.15, -0.1) is 6.58 Å². The van der Waals surface area contributed by atoms with Crippen LogP contribution in [0, 0.1) is 0 Å². The zero-order valence-electron chi connectivity index (χ0n) is 5.06. The molecule has 2 N–H and O–H groups in total. The molecule has 0 heterocycles. The largest absolute Gasteiger partial charge is 0.526 e. The Morgan fingerprint density at radius 1 is 1.70 bits per heavy atom. The van der Waals surface area contributed by atoms with Crippen LogP contribution < -0.4 is 0 Å². The van der Waals surface area contributed by atoms with Gasteiger partial charge in [-0.25, -0.2) is 4.57 Å². The smallest absolute Gasteiger partial charge is 0.370 e. The molecule has 0 aromatic carbocycles. The number of rotatable bonds is 3. The summed E-state index contributed by atoms with van der Waals surface area (Å²) in [5, 5.41) is 0. The number of hydrogen-bond acceptors (Lipinski definition) is 3. The fraction of sp³-hybridized carbons (Fsp3) is 0.250. The van der Waals surface area contributed by atoms with E-state index in [0.717, 1.165) is 0 Å². The summed E-state index contributed by atoms with van der Waals surface area (Å²) in [4.78, 5) is 26.4. The van der Waals surface area contributed by atoms with E-state index in [9.17, 15) is 9.36 Å². The minimum atomic E-state index is -4.65. The van der Waals surface area contributed by atoms with Gasteiger partial charge in [0.25, 0.3) is 0 Å². The summed E-state index contributed by atoms with van der Waals surface area (Å²) in [6, 6.07) is 0. The van der Waals surface area contributed by atoms with Gasteiger partial charge in [-0.2, -0.15) is 0 Å². The van der Waals surface area contributed by atoms with Gasteiger partial charge < -0.3 is 4.52 Å². The molecule has 6 heteroatoms. The Morgan fingerprint density at radius 3 is 2.50 bits per heavy atom. The molecule has 0 aliphatic heterocycles. The van der Waals surface area contributed by atoms with Crippen molar-refractivity contribution in [2.75, 3.05) is 0 Å². The normalized spacial score (nSPS) is 10.6. The molecule has 0 bridgehead atoms. The molecule has 0 atom stereocenters. The summed E-state index contributed by atoms with van der Waals surface area (Å²) in [6.45, 7) is 3.18. The van der Waals surface area contributed by atoms with E-state index in [1.165, 1.54) is 6.08 Å². The number of carbonyl (C=O) groups excluding carboxylic acids is 1. The summed E-state index contributed by atoms with van der Waals surface area (Å²) in [5.74, 6) is -0.983. The Hall–Kier alpha value is -0.640. The summed E-state index contributed by atoms with van der Waals surface area (Å²) < 4.78 is 13.6. The van der Waals surface area contributed by atoms with E-state index < -0.39 is 13.8 Å². The highest BCUT2D eigenvalue weighted by Crippen LogP contribution is 2.36. The van der Waals surface area contributed by atoms with Crippen LogP contribution in [-0.4, -0.2) is 15.8 Å². The lowest BCUT2D eigenvalue weighted by molar-refractivity contribution is -0.134. The standard InChI is InChI=1S/C4H7O5P/c1-2-3-4(5)9-10(6,7)8/h2H,1,3H2,(H2,6,7,8). The Labute approximate surface area is 57.6 Å². The zero-order valence-corrected chi connectivity index (χ0v) is 5.95. The highest BCUT2D eigenvalue weighted by molar-refractivity contribution is 7.46. The van der Waals surface area contributed by atoms with Crippen LogP contribution in [0.15, 0.2) is 12.7 Å². The highest BCUT2D eigenvalue weighted by Gasteiger charge is 2.18. The molecule has 0 radical (unpaired) electrons. The average molecular weight is 166 g/mol. The van der Waals surface area contributed by atoms with Crippen LogP contribution in [-0.2, 0) is 13.9 Å². The first-order valence-corrected chi connectivity index (χ1v) is 3.87. The van der Waals surface area contributed by atoms with E-state index >= 15 is 0 Å². The summed E-state index contributed by atoms with van der Waals surface area (Å²) >= 11 is 0. The molecular weight excluding hydrogens is 159 g/mol. The van der Waals surface area contributed by atoms with Crippen LogP contribution in [0.2, 0.25) is 0 Å². The van der Waals surface area contributed by atoms with Crippen molar-refractivity contribution in [1.82, 2.24) is 0 Å². The topological polar surface area (TPSA) is 83.8 Å². The van der Waals surface area contributed by atoms with E-state index in [1.807, 2.05) is 0 Å². The van der Waals surface area contributed by atoms with Crippen LogP contribution in [0.5, 0.6) is 0 Å². The molecule has 0 amide bonds. The van der Waals surface area contributed by atoms with Crippen molar-refractivity contribution >= 4 is 13.8 Å². The molecule has 0 aliphatic carbocycles. The van der Waals surface area contributed by atoms with Crippen LogP contribution in [0.3, 0.4) is 0 Å². The SMILES string of the molecule is C=CCC(=O)OP(=O)(O)O. The van der Waals surface area contributed by atoms with Crippen molar-refractivity contribution in [3.63, 3.8) is 0 Å². The first-order chi connectivity index (χ1) is 4.45. The molecule has 10 heavy (non-hydrogen) atoms. The van der Waals surface area contributed by atoms with E-state index in [1.54, 1.807) is 0 Å². The van der Waals surface area contributed by atoms with E-state index in [0.29, 0.717) is 0 Å². The van der Waals surface area contributed by atoms with Crippen molar-refractivity contribution in [2.24, 2.45) is 0 Å². The molecule has 58 valence electrons. The number of phosphoric acid groups is 1. The molecule has 0 saturated heterocycles. The van der Waals surface area contributed by atoms with Gasteiger partial charge in [0.05, 0.1) is 6.42 Å². The molecule has 0 rings (SSSR count). The van der Waals surface area contributed by atoms with Gasteiger partial charge in [0.15, 0.2) is 0 Å². The molecule has 0 aliphatic rings. The van der Waals surface area contributed by atoms with E-state index in [2.05, 4.69) is 11.1 Å². The fourth-order valence-electron chi connectivity index (χ4n) is 0.288. The summed E-state index contributed by atoms with van der Waals surface area (Å²) in [6.07, 6.45) is 0.989. The van der Waals surface area contributed by atoms with Crippen molar-refractivity contribution in [3.8, 4) is 0 Å². The second kappa shape index (κ2) is 3.51. The lowest BCUT2D eigenvalue weighted by Crippen LogP contribution is -1.99. The number of carbonyl (C=O) groups is 1. The lowest BCUT2D eigenvalue weighted by Gasteiger charge is -2.01. The molecule has 5 nitrogen and oxygen atoms in total. The monoisotopic (exact) mass is 166 g/mol. The van der Waals surface area contributed by atoms with Gasteiger partial charge in [0, 0.05) is 0 Å². The first-order valence-electron chi connectivity index (χ1n) is 2.34. The van der Waals surface area contributed by atoms with Crippen LogP contribution >= 0.6 is 7.82 Å². The van der Waals surface area contributed by atoms with E-state index in [4.69, 9.17) is 9.79 Å². The van der Waals surface area contributed by atoms with Crippen molar-refractivity contribution in [2.45, 2.75) is 6.42 Å². The van der Waals surface area contributed by atoms with Crippen molar-refractivity contribution in [1.29, 1.82) is 0 Å². The minimum Gasteiger partial charge on any atom is -0.370 e. The predicted molar refractivity (Wildman–Crippen MR) is 33.0 cm³/mol. The Bertz CT molecular complexity index is 180. The molecule has 0 spiro atoms. The molecule has 0 fully saturated rings. The predicted octanol–water partition coefficient (Wildman–Crippen LogP) is 0.198. The van der Waals surface area contributed by atoms with Crippen molar-refractivity contribution in [3.05, 3.63) is 12.7 Å². The maximum Gasteiger partial charge on any atom is 0.526 e. The first kappa shape index (κ1) is 9.36. The average Bonchev–Trinajstić information content (AvgIpc) is 1.59. The van der Waals surface area contributed by atoms with Gasteiger partial charge in [0.1, 0.15) is 0 Å². The highest BCUT2D eigenvalue weighted by atomic mass is 31.2. The maximum atomic E-state index is 10.3. The van der Waals surface area contributed by atoms with Crippen LogP contribution in [0.4, 0.5) is 0 Å². The van der Waals surface area contributed by atoms with Gasteiger partial charge in [-0.3, -0.25) is 14.6 Å².